The molecular formula is C27H46N4O5. The van der Waals surface area contributed by atoms with Crippen LogP contribution in [-0.4, -0.2) is 70.3 Å². The Morgan fingerprint density at radius 2 is 1.72 bits per heavy atom. The molecule has 1 fully saturated rings. The van der Waals surface area contributed by atoms with Crippen LogP contribution in [0.2, 0.25) is 0 Å². The van der Waals surface area contributed by atoms with E-state index in [1.807, 2.05) is 39.1 Å². The average molecular weight is 507 g/mol. The highest BCUT2D eigenvalue weighted by Crippen LogP contribution is 2.32. The van der Waals surface area contributed by atoms with Crippen LogP contribution < -0.4 is 21.7 Å². The molecule has 0 spiro atoms. The van der Waals surface area contributed by atoms with Gasteiger partial charge >= 0.3 is 0 Å². The standard InChI is InChI=1S/C10H12O.C9H16N2O3.C7H13NO.CH5N/c1-3-5-7-10(4-2)8-6-9-11;1-3-11-9(14)5-4-7(10-2)8(13)6-12;1-8-7(5-9)4-6-2-3-6;1-2/h3-9H,2H2,1H3;6-7,10H,3-5H2,1-2H3,(H,11,14);5-8H,2-4H2,1H3;2H2,1H3/b5-3-,8-6+,10-7+;;;/t;;7-;/m..0./s1. The zero-order valence-electron chi connectivity index (χ0n) is 22.5. The summed E-state index contributed by atoms with van der Waals surface area (Å²) in [5, 5.41) is 8.26. The third-order valence-corrected chi connectivity index (χ3v) is 4.75. The predicted molar refractivity (Wildman–Crippen MR) is 146 cm³/mol. The van der Waals surface area contributed by atoms with Crippen LogP contribution in [0.4, 0.5) is 0 Å². The van der Waals surface area contributed by atoms with Gasteiger partial charge < -0.3 is 26.5 Å². The molecule has 5 N–H and O–H groups in total. The Hall–Kier alpha value is -3.01. The van der Waals surface area contributed by atoms with E-state index in [2.05, 4.69) is 28.3 Å². The molecule has 1 saturated carbocycles. The molecule has 0 saturated heterocycles. The molecule has 1 aliphatic carbocycles. The molecule has 9 heteroatoms. The van der Waals surface area contributed by atoms with E-state index in [4.69, 9.17) is 0 Å². The monoisotopic (exact) mass is 506 g/mol. The van der Waals surface area contributed by atoms with E-state index in [0.29, 0.717) is 13.0 Å². The minimum absolute atomic E-state index is 0.105. The first kappa shape index (κ1) is 37.5. The predicted octanol–water partition coefficient (Wildman–Crippen LogP) is 1.84. The Morgan fingerprint density at radius 1 is 1.08 bits per heavy atom. The number of nitrogens with two attached hydrogens (primary N) is 1. The van der Waals surface area contributed by atoms with Crippen LogP contribution in [0.15, 0.2) is 48.6 Å². The maximum Gasteiger partial charge on any atom is 0.220 e. The fraction of sp³-hybridized carbons (Fsp3) is 0.519. The second-order valence-corrected chi connectivity index (χ2v) is 7.46. The second kappa shape index (κ2) is 28.2. The molecule has 0 aromatic rings. The van der Waals surface area contributed by atoms with Gasteiger partial charge in [-0.2, -0.15) is 0 Å². The lowest BCUT2D eigenvalue weighted by molar-refractivity contribution is -0.131. The summed E-state index contributed by atoms with van der Waals surface area (Å²) in [4.78, 5) is 52.3. The minimum atomic E-state index is -0.546. The second-order valence-electron chi connectivity index (χ2n) is 7.46. The highest BCUT2D eigenvalue weighted by atomic mass is 16.2. The third-order valence-electron chi connectivity index (χ3n) is 4.75. The van der Waals surface area contributed by atoms with Crippen molar-refractivity contribution in [1.29, 1.82) is 0 Å². The van der Waals surface area contributed by atoms with Crippen molar-refractivity contribution in [3.63, 3.8) is 0 Å². The van der Waals surface area contributed by atoms with Crippen LogP contribution in [-0.2, 0) is 24.0 Å². The summed E-state index contributed by atoms with van der Waals surface area (Å²) in [5.74, 6) is 0.218. The van der Waals surface area contributed by atoms with Gasteiger partial charge in [-0.15, -0.1) is 0 Å². The van der Waals surface area contributed by atoms with Gasteiger partial charge in [0.05, 0.1) is 12.1 Å². The third kappa shape index (κ3) is 24.1. The molecule has 9 nitrogen and oxygen atoms in total. The Kier molecular flexibility index (Phi) is 29.4. The first-order valence-corrected chi connectivity index (χ1v) is 12.1. The molecule has 0 heterocycles. The molecule has 1 amide bonds. The lowest BCUT2D eigenvalue weighted by Crippen LogP contribution is -2.36. The van der Waals surface area contributed by atoms with E-state index in [9.17, 15) is 24.0 Å². The van der Waals surface area contributed by atoms with E-state index in [1.165, 1.54) is 26.0 Å². The maximum absolute atomic E-state index is 11.0. The largest absolute Gasteiger partial charge is 0.356 e. The van der Waals surface area contributed by atoms with Gasteiger partial charge in [0, 0.05) is 13.0 Å². The van der Waals surface area contributed by atoms with Crippen molar-refractivity contribution in [3.05, 3.63) is 48.6 Å². The number of hydrogen-bond donors (Lipinski definition) is 4. The Labute approximate surface area is 216 Å². The molecular weight excluding hydrogens is 460 g/mol. The molecule has 1 aliphatic rings. The van der Waals surface area contributed by atoms with E-state index in [-0.39, 0.29) is 24.7 Å². The van der Waals surface area contributed by atoms with Gasteiger partial charge in [0.15, 0.2) is 6.29 Å². The summed E-state index contributed by atoms with van der Waals surface area (Å²) in [7, 11) is 4.92. The number of nitrogens with one attached hydrogen (secondary N) is 3. The number of likely N-dealkylation sites (N-methyl/N-ethyl adjacent to an activating group) is 2. The number of hydrogen-bond acceptors (Lipinski definition) is 8. The van der Waals surface area contributed by atoms with Crippen molar-refractivity contribution < 1.29 is 24.0 Å². The van der Waals surface area contributed by atoms with Crippen LogP contribution in [0.5, 0.6) is 0 Å². The average Bonchev–Trinajstić information content (AvgIpc) is 3.74. The molecule has 1 rings (SSSR count). The number of ketones is 1. The number of amides is 1. The lowest BCUT2D eigenvalue weighted by atomic mass is 10.1. The fourth-order valence-corrected chi connectivity index (χ4v) is 2.58. The quantitative estimate of drug-likeness (QED) is 0.114. The van der Waals surface area contributed by atoms with Crippen LogP contribution in [0, 0.1) is 5.92 Å². The molecule has 204 valence electrons. The van der Waals surface area contributed by atoms with Crippen LogP contribution in [0.3, 0.4) is 0 Å². The number of allylic oxidation sites excluding steroid dienone is 7. The normalized spacial score (nSPS) is 14.0. The summed E-state index contributed by atoms with van der Waals surface area (Å²) in [6, 6.07) is -0.437. The zero-order valence-corrected chi connectivity index (χ0v) is 22.5. The molecule has 0 aliphatic heterocycles. The van der Waals surface area contributed by atoms with Crippen molar-refractivity contribution in [2.75, 3.05) is 27.7 Å². The van der Waals surface area contributed by atoms with E-state index < -0.39 is 11.8 Å². The Morgan fingerprint density at radius 3 is 2.11 bits per heavy atom. The van der Waals surface area contributed by atoms with Gasteiger partial charge in [0.2, 0.25) is 11.7 Å². The maximum atomic E-state index is 11.0. The van der Waals surface area contributed by atoms with Gasteiger partial charge in [-0.05, 0) is 65.4 Å². The van der Waals surface area contributed by atoms with Gasteiger partial charge in [0.25, 0.3) is 0 Å². The van der Waals surface area contributed by atoms with Crippen molar-refractivity contribution in [3.8, 4) is 0 Å². The van der Waals surface area contributed by atoms with Crippen molar-refractivity contribution in [2.45, 2.75) is 58.0 Å². The van der Waals surface area contributed by atoms with E-state index in [0.717, 1.165) is 30.5 Å². The number of rotatable bonds is 15. The van der Waals surface area contributed by atoms with Crippen LogP contribution >= 0.6 is 0 Å². The highest BCUT2D eigenvalue weighted by molar-refractivity contribution is 6.27. The summed E-state index contributed by atoms with van der Waals surface area (Å²) in [6.45, 7) is 7.93. The summed E-state index contributed by atoms with van der Waals surface area (Å²) >= 11 is 0. The minimum Gasteiger partial charge on any atom is -0.356 e. The fourth-order valence-electron chi connectivity index (χ4n) is 2.58. The topological polar surface area (TPSA) is 147 Å². The smallest absolute Gasteiger partial charge is 0.220 e. The molecule has 0 aromatic heterocycles. The highest BCUT2D eigenvalue weighted by Gasteiger charge is 2.24. The van der Waals surface area contributed by atoms with Crippen molar-refractivity contribution in [2.24, 2.45) is 11.7 Å². The summed E-state index contributed by atoms with van der Waals surface area (Å²) in [5.41, 5.74) is 5.43. The van der Waals surface area contributed by atoms with Gasteiger partial charge in [-0.25, -0.2) is 0 Å². The molecule has 1 unspecified atom stereocenters. The SMILES string of the molecule is C=CC(/C=C/C=O)=C\C=C/C.CCNC(=O)CCC(NC)C(=O)C=O.CN.CN[C@H](C=O)CC1CC1. The first-order chi connectivity index (χ1) is 17.4. The lowest BCUT2D eigenvalue weighted by Gasteiger charge is -2.10. The molecule has 0 radical (unpaired) electrons. The molecule has 0 bridgehead atoms. The number of carbonyl (C=O) groups is 5. The number of aldehydes is 3. The van der Waals surface area contributed by atoms with Gasteiger partial charge in [-0.1, -0.05) is 49.8 Å². The number of Topliss-reactive ketones (excluding diaryl/α,β-unsaturated/α-hetero) is 1. The van der Waals surface area contributed by atoms with Crippen molar-refractivity contribution in [1.82, 2.24) is 16.0 Å². The number of carbonyl (C=O) groups excluding carboxylic acids is 5. The van der Waals surface area contributed by atoms with Crippen LogP contribution in [0.1, 0.15) is 46.0 Å². The molecule has 0 aromatic carbocycles. The van der Waals surface area contributed by atoms with Crippen LogP contribution in [0.25, 0.3) is 0 Å². The Bertz CT molecular complexity index is 713. The zero-order chi connectivity index (χ0) is 28.2. The first-order valence-electron chi connectivity index (χ1n) is 12.1. The Balaban J connectivity index is -0.000000447. The van der Waals surface area contributed by atoms with Crippen molar-refractivity contribution >= 4 is 30.5 Å². The van der Waals surface area contributed by atoms with E-state index >= 15 is 0 Å². The van der Waals surface area contributed by atoms with Gasteiger partial charge in [0.1, 0.15) is 12.6 Å². The molecule has 2 atom stereocenters. The molecule has 36 heavy (non-hydrogen) atoms. The summed E-state index contributed by atoms with van der Waals surface area (Å²) < 4.78 is 0. The summed E-state index contributed by atoms with van der Waals surface area (Å²) in [6.07, 6.45) is 16.8. The van der Waals surface area contributed by atoms with Gasteiger partial charge in [-0.3, -0.25) is 19.2 Å². The van der Waals surface area contributed by atoms with E-state index in [1.54, 1.807) is 19.2 Å².